The molecule has 0 bridgehead atoms. The predicted molar refractivity (Wildman–Crippen MR) is 97.9 cm³/mol. The lowest BCUT2D eigenvalue weighted by Gasteiger charge is -2.14. The van der Waals surface area contributed by atoms with Crippen LogP contribution in [-0.4, -0.2) is 35.7 Å². The van der Waals surface area contributed by atoms with Crippen molar-refractivity contribution in [2.45, 2.75) is 12.2 Å². The number of aliphatic hydroxyl groups excluding tert-OH is 1. The van der Waals surface area contributed by atoms with Gasteiger partial charge in [0.1, 0.15) is 16.9 Å². The van der Waals surface area contributed by atoms with Crippen molar-refractivity contribution in [3.05, 3.63) is 36.4 Å². The van der Waals surface area contributed by atoms with Gasteiger partial charge in [0.05, 0.1) is 24.7 Å². The lowest BCUT2D eigenvalue weighted by atomic mass is 10.1. The number of amides is 1. The Kier molecular flexibility index (Phi) is 4.97. The summed E-state index contributed by atoms with van der Waals surface area (Å²) in [6.45, 7) is 1.86. The molecule has 0 spiro atoms. The summed E-state index contributed by atoms with van der Waals surface area (Å²) in [5.41, 5.74) is 2.07. The van der Waals surface area contributed by atoms with Crippen molar-refractivity contribution in [1.82, 2.24) is 0 Å². The average Bonchev–Trinajstić information content (AvgIpc) is 2.96. The number of rotatable bonds is 6. The zero-order chi connectivity index (χ0) is 17.1. The van der Waals surface area contributed by atoms with Crippen LogP contribution in [0.25, 0.3) is 21.9 Å². The fraction of sp³-hybridized carbons (Fsp3) is 0.278. The molecule has 6 heteroatoms. The molecule has 126 valence electrons. The van der Waals surface area contributed by atoms with Crippen molar-refractivity contribution < 1.29 is 19.1 Å². The highest BCUT2D eigenvalue weighted by molar-refractivity contribution is 8.00. The van der Waals surface area contributed by atoms with Crippen molar-refractivity contribution >= 4 is 45.3 Å². The first-order chi connectivity index (χ1) is 11.6. The molecule has 5 nitrogen and oxygen atoms in total. The van der Waals surface area contributed by atoms with Crippen LogP contribution >= 0.6 is 11.8 Å². The normalized spacial score (nSPS) is 12.5. The maximum atomic E-state index is 12.3. The highest BCUT2D eigenvalue weighted by Gasteiger charge is 2.17. The highest BCUT2D eigenvalue weighted by atomic mass is 32.2. The number of carbonyl (C=O) groups excluding carboxylic acids is 1. The highest BCUT2D eigenvalue weighted by Crippen LogP contribution is 2.36. The maximum Gasteiger partial charge on any atom is 0.237 e. The van der Waals surface area contributed by atoms with Crippen LogP contribution in [0, 0.1) is 0 Å². The molecule has 0 unspecified atom stereocenters. The lowest BCUT2D eigenvalue weighted by molar-refractivity contribution is -0.115. The number of methoxy groups -OCH3 is 1. The molecule has 0 saturated carbocycles. The van der Waals surface area contributed by atoms with Crippen LogP contribution < -0.4 is 10.1 Å². The van der Waals surface area contributed by atoms with Gasteiger partial charge in [-0.3, -0.25) is 4.79 Å². The Morgan fingerprint density at radius 2 is 2.08 bits per heavy atom. The summed E-state index contributed by atoms with van der Waals surface area (Å²) in [6.07, 6.45) is 0. The molecule has 1 heterocycles. The third-order valence-corrected chi connectivity index (χ3v) is 4.92. The van der Waals surface area contributed by atoms with Crippen LogP contribution in [0.1, 0.15) is 6.92 Å². The van der Waals surface area contributed by atoms with E-state index in [2.05, 4.69) is 5.32 Å². The molecule has 24 heavy (non-hydrogen) atoms. The molecule has 0 aliphatic rings. The molecular formula is C18H19NO4S. The van der Waals surface area contributed by atoms with Gasteiger partial charge in [0, 0.05) is 22.6 Å². The second-order valence-corrected chi connectivity index (χ2v) is 6.82. The van der Waals surface area contributed by atoms with E-state index in [0.717, 1.165) is 16.4 Å². The number of furan rings is 1. The van der Waals surface area contributed by atoms with E-state index in [-0.39, 0.29) is 17.8 Å². The number of hydrogen-bond donors (Lipinski definition) is 2. The first-order valence-corrected chi connectivity index (χ1v) is 8.71. The third-order valence-electron chi connectivity index (χ3n) is 3.79. The summed E-state index contributed by atoms with van der Waals surface area (Å²) in [6, 6.07) is 11.4. The predicted octanol–water partition coefficient (Wildman–Crippen LogP) is 3.65. The van der Waals surface area contributed by atoms with E-state index >= 15 is 0 Å². The number of aliphatic hydroxyl groups is 1. The molecule has 3 aromatic rings. The maximum absolute atomic E-state index is 12.3. The van der Waals surface area contributed by atoms with Gasteiger partial charge in [-0.05, 0) is 19.1 Å². The van der Waals surface area contributed by atoms with Crippen LogP contribution in [0.2, 0.25) is 0 Å². The Morgan fingerprint density at radius 3 is 2.83 bits per heavy atom. The van der Waals surface area contributed by atoms with Crippen molar-refractivity contribution in [2.24, 2.45) is 0 Å². The minimum atomic E-state index is -0.270. The molecule has 1 aromatic heterocycles. The van der Waals surface area contributed by atoms with E-state index in [1.807, 2.05) is 37.3 Å². The van der Waals surface area contributed by atoms with E-state index in [1.54, 1.807) is 13.2 Å². The van der Waals surface area contributed by atoms with Gasteiger partial charge in [-0.1, -0.05) is 18.2 Å². The molecule has 0 aliphatic heterocycles. The fourth-order valence-corrected chi connectivity index (χ4v) is 3.23. The van der Waals surface area contributed by atoms with E-state index in [0.29, 0.717) is 22.8 Å². The van der Waals surface area contributed by atoms with Crippen LogP contribution in [0.3, 0.4) is 0 Å². The molecule has 2 aromatic carbocycles. The van der Waals surface area contributed by atoms with Gasteiger partial charge in [0.2, 0.25) is 5.91 Å². The van der Waals surface area contributed by atoms with Crippen LogP contribution in [0.5, 0.6) is 5.75 Å². The van der Waals surface area contributed by atoms with Crippen molar-refractivity contribution in [2.75, 3.05) is 24.8 Å². The molecule has 2 N–H and O–H groups in total. The monoisotopic (exact) mass is 345 g/mol. The molecule has 0 fully saturated rings. The quantitative estimate of drug-likeness (QED) is 0.713. The molecule has 1 atom stereocenters. The number of ether oxygens (including phenoxy) is 1. The summed E-state index contributed by atoms with van der Waals surface area (Å²) in [5.74, 6) is 0.970. The van der Waals surface area contributed by atoms with Gasteiger partial charge < -0.3 is 19.6 Å². The molecule has 3 rings (SSSR count). The zero-order valence-corrected chi connectivity index (χ0v) is 14.4. The van der Waals surface area contributed by atoms with Crippen LogP contribution in [0.4, 0.5) is 5.69 Å². The number of para-hydroxylation sites is 1. The number of nitrogens with one attached hydrogen (secondary N) is 1. The van der Waals surface area contributed by atoms with Crippen LogP contribution in [-0.2, 0) is 4.79 Å². The minimum absolute atomic E-state index is 0.0521. The minimum Gasteiger partial charge on any atom is -0.495 e. The summed E-state index contributed by atoms with van der Waals surface area (Å²) < 4.78 is 11.3. The van der Waals surface area contributed by atoms with Gasteiger partial charge in [-0.15, -0.1) is 11.8 Å². The Bertz CT molecular complexity index is 874. The van der Waals surface area contributed by atoms with E-state index in [9.17, 15) is 4.79 Å². The molecule has 0 radical (unpaired) electrons. The Hall–Kier alpha value is -2.18. The number of anilines is 1. The molecule has 0 saturated heterocycles. The zero-order valence-electron chi connectivity index (χ0n) is 13.5. The van der Waals surface area contributed by atoms with Crippen molar-refractivity contribution in [1.29, 1.82) is 0 Å². The van der Waals surface area contributed by atoms with Gasteiger partial charge in [0.25, 0.3) is 0 Å². The summed E-state index contributed by atoms with van der Waals surface area (Å²) in [7, 11) is 1.57. The van der Waals surface area contributed by atoms with Crippen molar-refractivity contribution in [3.8, 4) is 5.75 Å². The summed E-state index contributed by atoms with van der Waals surface area (Å²) in [4.78, 5) is 12.3. The van der Waals surface area contributed by atoms with E-state index in [1.165, 1.54) is 11.8 Å². The number of thioether (sulfide) groups is 1. The average molecular weight is 345 g/mol. The fourth-order valence-electron chi connectivity index (χ4n) is 2.56. The smallest absolute Gasteiger partial charge is 0.237 e. The Morgan fingerprint density at radius 1 is 1.29 bits per heavy atom. The molecule has 0 aliphatic carbocycles. The van der Waals surface area contributed by atoms with E-state index in [4.69, 9.17) is 14.3 Å². The van der Waals surface area contributed by atoms with Crippen LogP contribution in [0.15, 0.2) is 40.8 Å². The number of hydrogen-bond acceptors (Lipinski definition) is 5. The molecular weight excluding hydrogens is 326 g/mol. The van der Waals surface area contributed by atoms with Gasteiger partial charge in [-0.25, -0.2) is 0 Å². The van der Waals surface area contributed by atoms with Gasteiger partial charge in [-0.2, -0.15) is 0 Å². The van der Waals surface area contributed by atoms with Gasteiger partial charge >= 0.3 is 0 Å². The lowest BCUT2D eigenvalue weighted by Crippen LogP contribution is -2.23. The first-order valence-electron chi connectivity index (χ1n) is 7.66. The topological polar surface area (TPSA) is 71.7 Å². The molecule has 1 amide bonds. The standard InChI is InChI=1S/C18H19NO4S/c1-11(24-8-7-20)18(21)19-14-10-16-13(9-17(14)22-2)12-5-3-4-6-15(12)23-16/h3-6,9-11,20H,7-8H2,1-2H3,(H,19,21)/t11-/m0/s1. The summed E-state index contributed by atoms with van der Waals surface area (Å²) in [5, 5.41) is 13.4. The second-order valence-electron chi connectivity index (χ2n) is 5.37. The summed E-state index contributed by atoms with van der Waals surface area (Å²) >= 11 is 1.40. The Labute approximate surface area is 144 Å². The van der Waals surface area contributed by atoms with E-state index < -0.39 is 0 Å². The third kappa shape index (κ3) is 3.20. The van der Waals surface area contributed by atoms with Gasteiger partial charge in [0.15, 0.2) is 0 Å². The van der Waals surface area contributed by atoms with Crippen molar-refractivity contribution in [3.63, 3.8) is 0 Å². The number of benzene rings is 2. The largest absolute Gasteiger partial charge is 0.495 e. The first kappa shape index (κ1) is 16.7. The second kappa shape index (κ2) is 7.15. The Balaban J connectivity index is 1.95. The number of fused-ring (bicyclic) bond motifs is 3. The number of carbonyl (C=O) groups is 1. The SMILES string of the molecule is COc1cc2c(cc1NC(=O)[C@H](C)SCCO)oc1ccccc12.